The second-order valence-electron chi connectivity index (χ2n) is 1.14. The van der Waals surface area contributed by atoms with Crippen molar-refractivity contribution >= 4 is 27.5 Å². The molecular weight excluding hydrogens is 102 g/mol. The third kappa shape index (κ3) is 4.70. The molecule has 0 radical (unpaired) electrons. The van der Waals surface area contributed by atoms with Crippen molar-refractivity contribution in [2.45, 2.75) is 13.6 Å². The van der Waals surface area contributed by atoms with Gasteiger partial charge >= 0.3 is 0 Å². The minimum atomic E-state index is 0.566. The van der Waals surface area contributed by atoms with Gasteiger partial charge in [0.2, 0.25) is 5.99 Å². The normalized spacial score (nSPS) is 7.80. The Hall–Kier alpha value is 0.705. The van der Waals surface area contributed by atoms with Crippen molar-refractivity contribution in [3.8, 4) is 0 Å². The van der Waals surface area contributed by atoms with Crippen LogP contribution < -0.4 is 0 Å². The van der Waals surface area contributed by atoms with E-state index in [0.717, 1.165) is 0 Å². The lowest BCUT2D eigenvalue weighted by atomic mass is 9.84. The quantitative estimate of drug-likeness (QED) is 0.464. The molecule has 0 aromatic heterocycles. The lowest BCUT2D eigenvalue weighted by Gasteiger charge is -1.81. The fourth-order valence-electron chi connectivity index (χ4n) is 0. The van der Waals surface area contributed by atoms with Crippen LogP contribution >= 0.6 is 21.5 Å². The van der Waals surface area contributed by atoms with Gasteiger partial charge in [0.05, 0.1) is 0 Å². The van der Waals surface area contributed by atoms with E-state index in [9.17, 15) is 0 Å². The van der Waals surface area contributed by atoms with Crippen LogP contribution in [0.1, 0.15) is 0 Å². The molecule has 0 atom stereocenters. The summed E-state index contributed by atoms with van der Waals surface area (Å²) in [4.78, 5) is 0. The van der Waals surface area contributed by atoms with Crippen molar-refractivity contribution in [1.82, 2.24) is 0 Å². The van der Waals surface area contributed by atoms with Crippen molar-refractivity contribution < 1.29 is 0 Å². The van der Waals surface area contributed by atoms with Gasteiger partial charge in [-0.3, -0.25) is 0 Å². The van der Waals surface area contributed by atoms with Crippen molar-refractivity contribution in [2.24, 2.45) is 0 Å². The molecule has 0 unspecified atom stereocenters. The second-order valence-corrected chi connectivity index (χ2v) is 2.79. The fourth-order valence-corrected chi connectivity index (χ4v) is 0. The van der Waals surface area contributed by atoms with E-state index in [4.69, 9.17) is 10.7 Å². The summed E-state index contributed by atoms with van der Waals surface area (Å²) in [5.41, 5.74) is 0. The van der Waals surface area contributed by atoms with Crippen molar-refractivity contribution in [2.75, 3.05) is 0 Å². The standard InChI is InChI=1S/C2H6BClS/c1-3(2)5-4/h1-2H3. The summed E-state index contributed by atoms with van der Waals surface area (Å²) in [5, 5.41) is 0. The molecule has 0 fully saturated rings. The van der Waals surface area contributed by atoms with Crippen LogP contribution in [0.15, 0.2) is 0 Å². The molecule has 0 nitrogen and oxygen atoms in total. The first kappa shape index (κ1) is 5.70. The van der Waals surface area contributed by atoms with Crippen LogP contribution in [0.25, 0.3) is 0 Å². The lowest BCUT2D eigenvalue weighted by molar-refractivity contribution is 2.11. The molecule has 3 heteroatoms. The first-order valence-electron chi connectivity index (χ1n) is 1.54. The van der Waals surface area contributed by atoms with Crippen LogP contribution in [0, 0.1) is 0 Å². The molecule has 0 aromatic rings. The predicted octanol–water partition coefficient (Wildman–Crippen LogP) is 2.12. The Bertz CT molecular complexity index is 23.6. The van der Waals surface area contributed by atoms with Gasteiger partial charge in [-0.1, -0.05) is 24.3 Å². The molecule has 0 amide bonds. The molecule has 0 aliphatic heterocycles. The van der Waals surface area contributed by atoms with Crippen LogP contribution in [0.2, 0.25) is 13.6 Å². The molecule has 0 bridgehead atoms. The smallest absolute Gasteiger partial charge is 0.109 e. The van der Waals surface area contributed by atoms with Gasteiger partial charge in [-0.25, -0.2) is 0 Å². The molecule has 0 N–H and O–H groups in total. The highest BCUT2D eigenvalue weighted by Gasteiger charge is 1.90. The summed E-state index contributed by atoms with van der Waals surface area (Å²) < 4.78 is 0. The van der Waals surface area contributed by atoms with Crippen LogP contribution in [-0.4, -0.2) is 5.99 Å². The predicted molar refractivity (Wildman–Crippen MR) is 30.9 cm³/mol. The Morgan fingerprint density at radius 1 is 1.60 bits per heavy atom. The zero-order valence-corrected chi connectivity index (χ0v) is 4.94. The molecule has 0 saturated carbocycles. The van der Waals surface area contributed by atoms with Crippen molar-refractivity contribution in [1.29, 1.82) is 0 Å². The van der Waals surface area contributed by atoms with Crippen LogP contribution in [-0.2, 0) is 0 Å². The van der Waals surface area contributed by atoms with E-state index in [-0.39, 0.29) is 0 Å². The molecule has 0 saturated heterocycles. The fraction of sp³-hybridized carbons (Fsp3) is 1.00. The highest BCUT2D eigenvalue weighted by Crippen LogP contribution is 2.08. The molecule has 0 aliphatic carbocycles. The van der Waals surface area contributed by atoms with Crippen LogP contribution in [0.4, 0.5) is 0 Å². The Labute approximate surface area is 41.8 Å². The van der Waals surface area contributed by atoms with Crippen LogP contribution in [0.5, 0.6) is 0 Å². The molecule has 0 aliphatic rings. The molecule has 0 spiro atoms. The van der Waals surface area contributed by atoms with Gasteiger partial charge in [-0.2, -0.15) is 0 Å². The van der Waals surface area contributed by atoms with E-state index in [1.54, 1.807) is 0 Å². The largest absolute Gasteiger partial charge is 0.224 e. The maximum Gasteiger partial charge on any atom is 0.224 e. The monoisotopic (exact) mass is 108 g/mol. The van der Waals surface area contributed by atoms with E-state index in [0.29, 0.717) is 5.99 Å². The molecule has 0 aromatic carbocycles. The lowest BCUT2D eigenvalue weighted by Crippen LogP contribution is -1.83. The minimum Gasteiger partial charge on any atom is -0.109 e. The molecule has 0 heterocycles. The third-order valence-corrected chi connectivity index (χ3v) is 1.60. The van der Waals surface area contributed by atoms with Gasteiger partial charge < -0.3 is 0 Å². The average molecular weight is 108 g/mol. The van der Waals surface area contributed by atoms with Gasteiger partial charge in [0.1, 0.15) is 0 Å². The highest BCUT2D eigenvalue weighted by molar-refractivity contribution is 8.41. The van der Waals surface area contributed by atoms with Crippen LogP contribution in [0.3, 0.4) is 0 Å². The Morgan fingerprint density at radius 2 is 1.80 bits per heavy atom. The van der Waals surface area contributed by atoms with Gasteiger partial charge in [-0.05, 0) is 0 Å². The van der Waals surface area contributed by atoms with Gasteiger partial charge in [0.25, 0.3) is 0 Å². The zero-order valence-electron chi connectivity index (χ0n) is 3.36. The number of rotatable bonds is 1. The first-order valence-corrected chi connectivity index (χ1v) is 3.25. The van der Waals surface area contributed by atoms with E-state index < -0.39 is 0 Å². The Balaban J connectivity index is 2.54. The second kappa shape index (κ2) is 2.92. The van der Waals surface area contributed by atoms with Crippen molar-refractivity contribution in [3.05, 3.63) is 0 Å². The SMILES string of the molecule is CB(C)SCl. The summed E-state index contributed by atoms with van der Waals surface area (Å²) in [6.45, 7) is 4.11. The van der Waals surface area contributed by atoms with Gasteiger partial charge in [0, 0.05) is 0 Å². The van der Waals surface area contributed by atoms with E-state index in [2.05, 4.69) is 13.6 Å². The summed E-state index contributed by atoms with van der Waals surface area (Å²) in [7, 11) is 6.60. The minimum absolute atomic E-state index is 0.566. The highest BCUT2D eigenvalue weighted by atomic mass is 35.7. The maximum absolute atomic E-state index is 5.25. The molecule has 0 rings (SSSR count). The van der Waals surface area contributed by atoms with E-state index in [1.807, 2.05) is 0 Å². The first-order chi connectivity index (χ1) is 2.27. The molecular formula is C2H6BClS. The van der Waals surface area contributed by atoms with Gasteiger partial charge in [0.15, 0.2) is 0 Å². The number of hydrogen-bond donors (Lipinski definition) is 0. The molecule has 5 heavy (non-hydrogen) atoms. The maximum atomic E-state index is 5.25. The van der Waals surface area contributed by atoms with Crippen molar-refractivity contribution in [3.63, 3.8) is 0 Å². The topological polar surface area (TPSA) is 0 Å². The summed E-state index contributed by atoms with van der Waals surface area (Å²) in [5.74, 6) is 0.566. The zero-order chi connectivity index (χ0) is 4.28. The molecule has 30 valence electrons. The average Bonchev–Trinajstić information content (AvgIpc) is 1.38. The van der Waals surface area contributed by atoms with E-state index in [1.165, 1.54) is 10.8 Å². The third-order valence-electron chi connectivity index (χ3n) is 0.178. The summed E-state index contributed by atoms with van der Waals surface area (Å²) >= 11 is 0. The Kier molecular flexibility index (Phi) is 3.33. The Morgan fingerprint density at radius 3 is 1.80 bits per heavy atom. The summed E-state index contributed by atoms with van der Waals surface area (Å²) in [6.07, 6.45) is 0. The van der Waals surface area contributed by atoms with E-state index >= 15 is 0 Å². The summed E-state index contributed by atoms with van der Waals surface area (Å²) in [6, 6.07) is 0. The van der Waals surface area contributed by atoms with Gasteiger partial charge in [-0.15, -0.1) is 10.8 Å². The number of halogens is 1. The number of hydrogen-bond acceptors (Lipinski definition) is 1.